The van der Waals surface area contributed by atoms with Gasteiger partial charge < -0.3 is 19.9 Å². The summed E-state index contributed by atoms with van der Waals surface area (Å²) < 4.78 is 11.7. The number of piperazine rings is 1. The predicted octanol–water partition coefficient (Wildman–Crippen LogP) is 2.47. The second kappa shape index (κ2) is 9.76. The first-order valence-electron chi connectivity index (χ1n) is 10.6. The number of fused-ring (bicyclic) bond motifs is 1. The Morgan fingerprint density at radius 3 is 2.74 bits per heavy atom. The number of amides is 1. The number of aliphatic hydroxyl groups is 1. The molecule has 1 aliphatic heterocycles. The summed E-state index contributed by atoms with van der Waals surface area (Å²) in [7, 11) is 0. The lowest BCUT2D eigenvalue weighted by molar-refractivity contribution is -0.124. The summed E-state index contributed by atoms with van der Waals surface area (Å²) in [4.78, 5) is 17.8. The van der Waals surface area contributed by atoms with Crippen LogP contribution < -0.4 is 14.8 Å². The minimum atomic E-state index is -0.688. The molecular formula is C24H27N3O4. The highest BCUT2D eigenvalue weighted by Crippen LogP contribution is 2.37. The highest BCUT2D eigenvalue weighted by molar-refractivity contribution is 6.00. The summed E-state index contributed by atoms with van der Waals surface area (Å²) in [6.45, 7) is 4.68. The number of hydrogen-bond acceptors (Lipinski definition) is 6. The number of aliphatic hydroxyl groups excluding tert-OH is 1. The Balaban J connectivity index is 1.54. The fourth-order valence-corrected chi connectivity index (χ4v) is 3.86. The third-order valence-electron chi connectivity index (χ3n) is 5.24. The average Bonchev–Trinajstić information content (AvgIpc) is 2.78. The van der Waals surface area contributed by atoms with E-state index in [-0.39, 0.29) is 12.5 Å². The van der Waals surface area contributed by atoms with Gasteiger partial charge in [-0.15, -0.1) is 0 Å². The number of carbonyl (C=O) groups excluding carboxylic acids is 1. The van der Waals surface area contributed by atoms with Crippen molar-refractivity contribution in [2.75, 3.05) is 39.4 Å². The van der Waals surface area contributed by atoms with Crippen molar-refractivity contribution in [1.82, 2.24) is 15.2 Å². The highest BCUT2D eigenvalue weighted by Gasteiger charge is 2.20. The number of aromatic nitrogens is 1. The summed E-state index contributed by atoms with van der Waals surface area (Å²) in [5, 5.41) is 15.2. The van der Waals surface area contributed by atoms with Gasteiger partial charge in [0.2, 0.25) is 11.8 Å². The molecule has 2 aromatic carbocycles. The van der Waals surface area contributed by atoms with Crippen molar-refractivity contribution in [3.8, 4) is 22.8 Å². The standard InChI is InChI=1S/C24H27N3O4/c1-2-30-24-21(8-5-11-26-24)19-9-10-22(20-7-4-3-6-18(19)20)31-16-17(28)14-27-13-12-25-23(29)15-27/h3-11,17,28H,2,12-16H2,1H3,(H,25,29). The first-order chi connectivity index (χ1) is 15.2. The van der Waals surface area contributed by atoms with Gasteiger partial charge in [-0.05, 0) is 42.1 Å². The van der Waals surface area contributed by atoms with Crippen LogP contribution in [0.2, 0.25) is 0 Å². The number of ether oxygens (including phenoxy) is 2. The SMILES string of the molecule is CCOc1ncccc1-c1ccc(OCC(O)CN2CCNC(=O)C2)c2ccccc12. The van der Waals surface area contributed by atoms with Gasteiger partial charge in [-0.25, -0.2) is 4.98 Å². The van der Waals surface area contributed by atoms with E-state index < -0.39 is 6.10 Å². The van der Waals surface area contributed by atoms with Crippen LogP contribution in [0.1, 0.15) is 6.92 Å². The van der Waals surface area contributed by atoms with Crippen LogP contribution in [0.25, 0.3) is 21.9 Å². The molecule has 0 aliphatic carbocycles. The maximum atomic E-state index is 11.5. The third-order valence-corrected chi connectivity index (χ3v) is 5.24. The van der Waals surface area contributed by atoms with E-state index in [4.69, 9.17) is 9.47 Å². The molecular weight excluding hydrogens is 394 g/mol. The van der Waals surface area contributed by atoms with E-state index in [2.05, 4.69) is 10.3 Å². The molecule has 1 amide bonds. The summed E-state index contributed by atoms with van der Waals surface area (Å²) in [5.41, 5.74) is 1.94. The van der Waals surface area contributed by atoms with Gasteiger partial charge in [-0.3, -0.25) is 9.69 Å². The first kappa shape index (κ1) is 21.1. The molecule has 0 radical (unpaired) electrons. The van der Waals surface area contributed by atoms with Crippen molar-refractivity contribution in [2.24, 2.45) is 0 Å². The molecule has 2 heterocycles. The van der Waals surface area contributed by atoms with Gasteiger partial charge in [0.05, 0.1) is 13.2 Å². The smallest absolute Gasteiger partial charge is 0.234 e. The summed E-state index contributed by atoms with van der Waals surface area (Å²) in [6, 6.07) is 15.8. The zero-order valence-corrected chi connectivity index (χ0v) is 17.6. The lowest BCUT2D eigenvalue weighted by Crippen LogP contribution is -2.50. The van der Waals surface area contributed by atoms with E-state index >= 15 is 0 Å². The van der Waals surface area contributed by atoms with Crippen LogP contribution in [0, 0.1) is 0 Å². The monoisotopic (exact) mass is 421 g/mol. The summed E-state index contributed by atoms with van der Waals surface area (Å²) >= 11 is 0. The number of β-amino-alcohol motifs (C(OH)–C–C–N with tert-alkyl or cyclic N) is 1. The molecule has 7 nitrogen and oxygen atoms in total. The number of rotatable bonds is 8. The van der Waals surface area contributed by atoms with Crippen molar-refractivity contribution in [1.29, 1.82) is 0 Å². The highest BCUT2D eigenvalue weighted by atomic mass is 16.5. The largest absolute Gasteiger partial charge is 0.490 e. The van der Waals surface area contributed by atoms with Gasteiger partial charge >= 0.3 is 0 Å². The van der Waals surface area contributed by atoms with Crippen LogP contribution in [0.3, 0.4) is 0 Å². The molecule has 31 heavy (non-hydrogen) atoms. The van der Waals surface area contributed by atoms with Crippen molar-refractivity contribution in [3.05, 3.63) is 54.7 Å². The number of hydrogen-bond donors (Lipinski definition) is 2. The Kier molecular flexibility index (Phi) is 6.64. The van der Waals surface area contributed by atoms with Gasteiger partial charge in [0.1, 0.15) is 18.5 Å². The topological polar surface area (TPSA) is 83.9 Å². The van der Waals surface area contributed by atoms with Crippen LogP contribution in [0.5, 0.6) is 11.6 Å². The Hall–Kier alpha value is -3.16. The van der Waals surface area contributed by atoms with E-state index in [0.717, 1.165) is 28.4 Å². The number of nitrogens with one attached hydrogen (secondary N) is 1. The minimum absolute atomic E-state index is 0.0113. The molecule has 0 saturated carbocycles. The maximum Gasteiger partial charge on any atom is 0.234 e. The van der Waals surface area contributed by atoms with Gasteiger partial charge in [0.25, 0.3) is 0 Å². The molecule has 0 bridgehead atoms. The van der Waals surface area contributed by atoms with Crippen molar-refractivity contribution >= 4 is 16.7 Å². The van der Waals surface area contributed by atoms with Crippen molar-refractivity contribution in [3.63, 3.8) is 0 Å². The molecule has 4 rings (SSSR count). The second-order valence-electron chi connectivity index (χ2n) is 7.50. The third kappa shape index (κ3) is 4.95. The zero-order valence-electron chi connectivity index (χ0n) is 17.6. The van der Waals surface area contributed by atoms with Gasteiger partial charge in [0, 0.05) is 36.8 Å². The fourth-order valence-electron chi connectivity index (χ4n) is 3.86. The van der Waals surface area contributed by atoms with Crippen molar-refractivity contribution in [2.45, 2.75) is 13.0 Å². The fraction of sp³-hybridized carbons (Fsp3) is 0.333. The lowest BCUT2D eigenvalue weighted by Gasteiger charge is -2.28. The Morgan fingerprint density at radius 1 is 1.10 bits per heavy atom. The molecule has 1 saturated heterocycles. The van der Waals surface area contributed by atoms with E-state index in [1.807, 2.05) is 60.4 Å². The maximum absolute atomic E-state index is 11.5. The lowest BCUT2D eigenvalue weighted by atomic mass is 9.98. The number of benzene rings is 2. The van der Waals surface area contributed by atoms with E-state index in [1.165, 1.54) is 0 Å². The van der Waals surface area contributed by atoms with Gasteiger partial charge in [0.15, 0.2) is 0 Å². The van der Waals surface area contributed by atoms with E-state index in [0.29, 0.717) is 37.9 Å². The molecule has 3 aromatic rings. The Morgan fingerprint density at radius 2 is 1.94 bits per heavy atom. The number of pyridine rings is 1. The van der Waals surface area contributed by atoms with Gasteiger partial charge in [-0.1, -0.05) is 24.3 Å². The number of nitrogens with zero attached hydrogens (tertiary/aromatic N) is 2. The molecule has 1 aliphatic rings. The Bertz CT molecular complexity index is 1060. The van der Waals surface area contributed by atoms with E-state index in [9.17, 15) is 9.90 Å². The minimum Gasteiger partial charge on any atom is -0.490 e. The number of carbonyl (C=O) groups is 1. The molecule has 0 spiro atoms. The molecule has 1 atom stereocenters. The molecule has 1 unspecified atom stereocenters. The Labute approximate surface area is 181 Å². The summed E-state index contributed by atoms with van der Waals surface area (Å²) in [5.74, 6) is 1.30. The average molecular weight is 421 g/mol. The van der Waals surface area contributed by atoms with Crippen LogP contribution in [0.15, 0.2) is 54.7 Å². The molecule has 1 aromatic heterocycles. The van der Waals surface area contributed by atoms with Gasteiger partial charge in [-0.2, -0.15) is 0 Å². The molecule has 162 valence electrons. The van der Waals surface area contributed by atoms with Crippen LogP contribution in [-0.4, -0.2) is 66.4 Å². The van der Waals surface area contributed by atoms with Crippen LogP contribution in [0.4, 0.5) is 0 Å². The first-order valence-corrected chi connectivity index (χ1v) is 10.6. The molecule has 1 fully saturated rings. The molecule has 2 N–H and O–H groups in total. The summed E-state index contributed by atoms with van der Waals surface area (Å²) in [6.07, 6.45) is 1.04. The quantitative estimate of drug-likeness (QED) is 0.581. The van der Waals surface area contributed by atoms with E-state index in [1.54, 1.807) is 6.20 Å². The molecule has 7 heteroatoms. The van der Waals surface area contributed by atoms with Crippen LogP contribution in [-0.2, 0) is 4.79 Å². The second-order valence-corrected chi connectivity index (χ2v) is 7.50. The van der Waals surface area contributed by atoms with Crippen LogP contribution >= 0.6 is 0 Å². The van der Waals surface area contributed by atoms with Crippen molar-refractivity contribution < 1.29 is 19.4 Å². The zero-order chi connectivity index (χ0) is 21.6. The predicted molar refractivity (Wildman–Crippen MR) is 119 cm³/mol. The normalized spacial score (nSPS) is 15.5.